The van der Waals surface area contributed by atoms with Crippen LogP contribution < -0.4 is 10.6 Å². The first-order chi connectivity index (χ1) is 11.5. The molecule has 1 rings (SSSR count). The van der Waals surface area contributed by atoms with E-state index in [2.05, 4.69) is 54.3 Å². The van der Waals surface area contributed by atoms with Crippen molar-refractivity contribution in [2.45, 2.75) is 52.7 Å². The Morgan fingerprint density at radius 1 is 1.12 bits per heavy atom. The normalized spacial score (nSPS) is 11.9. The molecule has 5 nitrogen and oxygen atoms in total. The van der Waals surface area contributed by atoms with Crippen molar-refractivity contribution in [3.05, 3.63) is 35.4 Å². The van der Waals surface area contributed by atoms with Gasteiger partial charge < -0.3 is 10.6 Å². The predicted molar refractivity (Wildman–Crippen MR) is 101 cm³/mol. The summed E-state index contributed by atoms with van der Waals surface area (Å²) >= 11 is 0. The third kappa shape index (κ3) is 7.01. The largest absolute Gasteiger partial charge is 0.356 e. The van der Waals surface area contributed by atoms with Crippen LogP contribution in [-0.4, -0.2) is 43.1 Å². The summed E-state index contributed by atoms with van der Waals surface area (Å²) in [6, 6.07) is 10.9. The van der Waals surface area contributed by atoms with Gasteiger partial charge in [0.25, 0.3) is 0 Å². The maximum Gasteiger partial charge on any atom is 0.191 e. The number of aliphatic imine (C=N–C) groups is 1. The fourth-order valence-corrected chi connectivity index (χ4v) is 2.68. The zero-order valence-electron chi connectivity index (χ0n) is 15.6. The minimum Gasteiger partial charge on any atom is -0.356 e. The number of hydrogen-bond donors (Lipinski definition) is 2. The molecule has 0 atom stereocenters. The van der Waals surface area contributed by atoms with Crippen LogP contribution in [0.5, 0.6) is 0 Å². The van der Waals surface area contributed by atoms with Crippen molar-refractivity contribution in [1.29, 1.82) is 5.26 Å². The van der Waals surface area contributed by atoms with Crippen molar-refractivity contribution in [3.63, 3.8) is 0 Å². The van der Waals surface area contributed by atoms with E-state index in [1.54, 1.807) is 7.05 Å². The van der Waals surface area contributed by atoms with Gasteiger partial charge in [0.15, 0.2) is 5.96 Å². The lowest BCUT2D eigenvalue weighted by Crippen LogP contribution is -2.41. The molecule has 24 heavy (non-hydrogen) atoms. The SMILES string of the molecule is CN=C(NCCCN(C(C)C)C(C)C)NCc1ccc(C#N)cc1. The van der Waals surface area contributed by atoms with Crippen molar-refractivity contribution in [1.82, 2.24) is 15.5 Å². The van der Waals surface area contributed by atoms with Gasteiger partial charge in [-0.25, -0.2) is 0 Å². The molecular formula is C19H31N5. The summed E-state index contributed by atoms with van der Waals surface area (Å²) in [5.41, 5.74) is 1.81. The van der Waals surface area contributed by atoms with E-state index >= 15 is 0 Å². The van der Waals surface area contributed by atoms with Crippen LogP contribution in [0.1, 0.15) is 45.2 Å². The third-order valence-corrected chi connectivity index (χ3v) is 3.98. The summed E-state index contributed by atoms with van der Waals surface area (Å²) < 4.78 is 0. The number of nitriles is 1. The zero-order chi connectivity index (χ0) is 17.9. The molecule has 0 saturated carbocycles. The quantitative estimate of drug-likeness (QED) is 0.437. The second-order valence-corrected chi connectivity index (χ2v) is 6.44. The van der Waals surface area contributed by atoms with Gasteiger partial charge in [-0.3, -0.25) is 9.89 Å². The molecule has 0 unspecified atom stereocenters. The fraction of sp³-hybridized carbons (Fsp3) is 0.579. The predicted octanol–water partition coefficient (Wildman–Crippen LogP) is 2.73. The summed E-state index contributed by atoms with van der Waals surface area (Å²) in [6.07, 6.45) is 1.08. The van der Waals surface area contributed by atoms with Crippen LogP contribution in [0.4, 0.5) is 0 Å². The van der Waals surface area contributed by atoms with Crippen LogP contribution in [0, 0.1) is 11.3 Å². The van der Waals surface area contributed by atoms with Crippen LogP contribution in [-0.2, 0) is 6.54 Å². The maximum absolute atomic E-state index is 8.81. The molecule has 0 amide bonds. The first kappa shape index (κ1) is 20.0. The first-order valence-electron chi connectivity index (χ1n) is 8.67. The number of benzene rings is 1. The maximum atomic E-state index is 8.81. The van der Waals surface area contributed by atoms with Crippen molar-refractivity contribution in [2.24, 2.45) is 4.99 Å². The molecule has 0 fully saturated rings. The number of nitrogens with one attached hydrogen (secondary N) is 2. The van der Waals surface area contributed by atoms with Crippen molar-refractivity contribution < 1.29 is 0 Å². The highest BCUT2D eigenvalue weighted by Crippen LogP contribution is 2.05. The monoisotopic (exact) mass is 329 g/mol. The number of rotatable bonds is 8. The van der Waals surface area contributed by atoms with Gasteiger partial charge in [-0.05, 0) is 51.8 Å². The standard InChI is InChI=1S/C19H31N5/c1-15(2)24(16(3)4)12-6-11-22-19(21-5)23-14-18-9-7-17(13-20)8-10-18/h7-10,15-16H,6,11-12,14H2,1-5H3,(H2,21,22,23). The molecule has 0 aliphatic rings. The Morgan fingerprint density at radius 2 is 1.75 bits per heavy atom. The van der Waals surface area contributed by atoms with E-state index in [1.807, 2.05) is 24.3 Å². The number of hydrogen-bond acceptors (Lipinski definition) is 3. The minimum absolute atomic E-state index is 0.568. The molecule has 0 bridgehead atoms. The summed E-state index contributed by atoms with van der Waals surface area (Å²) in [4.78, 5) is 6.75. The highest BCUT2D eigenvalue weighted by molar-refractivity contribution is 5.79. The molecule has 0 saturated heterocycles. The van der Waals surface area contributed by atoms with E-state index in [0.717, 1.165) is 31.0 Å². The molecular weight excluding hydrogens is 298 g/mol. The molecule has 0 spiro atoms. The molecule has 0 aromatic heterocycles. The Hall–Kier alpha value is -2.06. The van der Waals surface area contributed by atoms with E-state index in [0.29, 0.717) is 24.2 Å². The van der Waals surface area contributed by atoms with Gasteiger partial charge in [-0.1, -0.05) is 12.1 Å². The molecule has 0 aliphatic heterocycles. The van der Waals surface area contributed by atoms with Crippen LogP contribution >= 0.6 is 0 Å². The van der Waals surface area contributed by atoms with E-state index in [-0.39, 0.29) is 0 Å². The Bertz CT molecular complexity index is 532. The van der Waals surface area contributed by atoms with Crippen LogP contribution in [0.2, 0.25) is 0 Å². The fourth-order valence-electron chi connectivity index (χ4n) is 2.68. The molecule has 0 aliphatic carbocycles. The second-order valence-electron chi connectivity index (χ2n) is 6.44. The zero-order valence-corrected chi connectivity index (χ0v) is 15.6. The molecule has 0 heterocycles. The first-order valence-corrected chi connectivity index (χ1v) is 8.67. The Balaban J connectivity index is 2.33. The number of nitrogens with zero attached hydrogens (tertiary/aromatic N) is 3. The van der Waals surface area contributed by atoms with E-state index in [4.69, 9.17) is 5.26 Å². The van der Waals surface area contributed by atoms with Crippen molar-refractivity contribution in [2.75, 3.05) is 20.1 Å². The lowest BCUT2D eigenvalue weighted by Gasteiger charge is -2.30. The van der Waals surface area contributed by atoms with Crippen LogP contribution in [0.25, 0.3) is 0 Å². The van der Waals surface area contributed by atoms with Crippen LogP contribution in [0.3, 0.4) is 0 Å². The van der Waals surface area contributed by atoms with Crippen molar-refractivity contribution >= 4 is 5.96 Å². The lowest BCUT2D eigenvalue weighted by atomic mass is 10.1. The second kappa shape index (κ2) is 10.7. The summed E-state index contributed by atoms with van der Waals surface area (Å²) in [7, 11) is 1.78. The van der Waals surface area contributed by atoms with Gasteiger partial charge in [0.1, 0.15) is 0 Å². The molecule has 5 heteroatoms. The molecule has 132 valence electrons. The van der Waals surface area contributed by atoms with Gasteiger partial charge in [0.2, 0.25) is 0 Å². The van der Waals surface area contributed by atoms with E-state index in [1.165, 1.54) is 0 Å². The summed E-state index contributed by atoms with van der Waals surface area (Å²) in [5.74, 6) is 0.806. The van der Waals surface area contributed by atoms with Gasteiger partial charge in [0.05, 0.1) is 11.6 Å². The third-order valence-electron chi connectivity index (χ3n) is 3.98. The Morgan fingerprint density at radius 3 is 2.25 bits per heavy atom. The van der Waals surface area contributed by atoms with Gasteiger partial charge in [0, 0.05) is 38.8 Å². The average molecular weight is 329 g/mol. The molecule has 0 radical (unpaired) electrons. The molecule has 1 aromatic carbocycles. The van der Waals surface area contributed by atoms with E-state index in [9.17, 15) is 0 Å². The minimum atomic E-state index is 0.568. The van der Waals surface area contributed by atoms with E-state index < -0.39 is 0 Å². The average Bonchev–Trinajstić information content (AvgIpc) is 2.57. The molecule has 1 aromatic rings. The summed E-state index contributed by atoms with van der Waals surface area (Å²) in [5, 5.41) is 15.5. The smallest absolute Gasteiger partial charge is 0.191 e. The van der Waals surface area contributed by atoms with Gasteiger partial charge in [-0.2, -0.15) is 5.26 Å². The van der Waals surface area contributed by atoms with Crippen LogP contribution in [0.15, 0.2) is 29.3 Å². The van der Waals surface area contributed by atoms with Crippen molar-refractivity contribution in [3.8, 4) is 6.07 Å². The highest BCUT2D eigenvalue weighted by atomic mass is 15.2. The Labute approximate surface area is 146 Å². The molecule has 2 N–H and O–H groups in total. The highest BCUT2D eigenvalue weighted by Gasteiger charge is 2.12. The topological polar surface area (TPSA) is 63.5 Å². The lowest BCUT2D eigenvalue weighted by molar-refractivity contribution is 0.173. The van der Waals surface area contributed by atoms with Gasteiger partial charge in [-0.15, -0.1) is 0 Å². The summed E-state index contributed by atoms with van der Waals surface area (Å²) in [6.45, 7) is 11.6. The van der Waals surface area contributed by atoms with Gasteiger partial charge >= 0.3 is 0 Å². The number of guanidine groups is 1. The Kier molecular flexibility index (Phi) is 8.88.